The Labute approximate surface area is 107 Å². The van der Waals surface area contributed by atoms with Gasteiger partial charge in [0.1, 0.15) is 0 Å². The Hall–Kier alpha value is -0.0800. The van der Waals surface area contributed by atoms with Crippen LogP contribution in [0.3, 0.4) is 0 Å². The Balaban J connectivity index is 1.85. The summed E-state index contributed by atoms with van der Waals surface area (Å²) in [5, 5.41) is 3.85. The summed E-state index contributed by atoms with van der Waals surface area (Å²) >= 11 is 0. The topological polar surface area (TPSA) is 21.3 Å². The zero-order valence-electron chi connectivity index (χ0n) is 12.2. The first-order valence-corrected chi connectivity index (χ1v) is 7.09. The van der Waals surface area contributed by atoms with E-state index in [1.165, 1.54) is 32.1 Å². The molecule has 0 aromatic heterocycles. The zero-order valence-corrected chi connectivity index (χ0v) is 12.2. The highest BCUT2D eigenvalue weighted by Gasteiger charge is 2.40. The lowest BCUT2D eigenvalue weighted by Gasteiger charge is -2.47. The van der Waals surface area contributed by atoms with Crippen LogP contribution >= 0.6 is 0 Å². The minimum absolute atomic E-state index is 0.490. The van der Waals surface area contributed by atoms with Crippen molar-refractivity contribution >= 4 is 0 Å². The molecule has 0 saturated heterocycles. The first kappa shape index (κ1) is 13.4. The fraction of sp³-hybridized carbons (Fsp3) is 1.00. The second-order valence-corrected chi connectivity index (χ2v) is 7.80. The summed E-state index contributed by atoms with van der Waals surface area (Å²) < 4.78 is 5.35. The molecular weight excluding hydrogens is 210 g/mol. The van der Waals surface area contributed by atoms with E-state index in [1.54, 1.807) is 0 Å². The van der Waals surface area contributed by atoms with Crippen molar-refractivity contribution in [1.82, 2.24) is 5.32 Å². The van der Waals surface area contributed by atoms with Crippen molar-refractivity contribution in [1.29, 1.82) is 0 Å². The molecule has 0 bridgehead atoms. The van der Waals surface area contributed by atoms with Crippen molar-refractivity contribution in [3.8, 4) is 0 Å². The van der Waals surface area contributed by atoms with E-state index in [1.807, 2.05) is 7.11 Å². The third-order valence-corrected chi connectivity index (χ3v) is 4.45. The van der Waals surface area contributed by atoms with Crippen LogP contribution in [-0.4, -0.2) is 25.3 Å². The lowest BCUT2D eigenvalue weighted by Crippen LogP contribution is -2.53. The molecule has 0 radical (unpaired) electrons. The summed E-state index contributed by atoms with van der Waals surface area (Å²) in [4.78, 5) is 0. The number of rotatable bonds is 3. The highest BCUT2D eigenvalue weighted by Crippen LogP contribution is 2.46. The highest BCUT2D eigenvalue weighted by molar-refractivity contribution is 4.96. The molecule has 0 amide bonds. The molecule has 2 nitrogen and oxygen atoms in total. The number of ether oxygens (including phenoxy) is 1. The van der Waals surface area contributed by atoms with E-state index in [9.17, 15) is 0 Å². The van der Waals surface area contributed by atoms with E-state index >= 15 is 0 Å². The van der Waals surface area contributed by atoms with Crippen molar-refractivity contribution < 1.29 is 4.74 Å². The molecule has 0 atom stereocenters. The normalized spacial score (nSPS) is 36.5. The Morgan fingerprint density at radius 3 is 1.94 bits per heavy atom. The summed E-state index contributed by atoms with van der Waals surface area (Å²) in [5.74, 6) is 0. The van der Waals surface area contributed by atoms with Gasteiger partial charge in [0.05, 0.1) is 6.10 Å². The van der Waals surface area contributed by atoms with E-state index in [2.05, 4.69) is 33.0 Å². The van der Waals surface area contributed by atoms with E-state index in [0.717, 1.165) is 0 Å². The predicted molar refractivity (Wildman–Crippen MR) is 72.2 cm³/mol. The maximum atomic E-state index is 5.35. The van der Waals surface area contributed by atoms with Gasteiger partial charge in [-0.3, -0.25) is 0 Å². The van der Waals surface area contributed by atoms with Gasteiger partial charge in [-0.25, -0.2) is 0 Å². The number of hydrogen-bond acceptors (Lipinski definition) is 2. The van der Waals surface area contributed by atoms with Gasteiger partial charge in [0.25, 0.3) is 0 Å². The Bertz CT molecular complexity index is 250. The minimum Gasteiger partial charge on any atom is -0.381 e. The second kappa shape index (κ2) is 4.55. The molecule has 0 spiro atoms. The molecule has 2 fully saturated rings. The molecule has 0 unspecified atom stereocenters. The van der Waals surface area contributed by atoms with Gasteiger partial charge in [0.2, 0.25) is 0 Å². The molecular formula is C15H29NO. The third-order valence-electron chi connectivity index (χ3n) is 4.45. The van der Waals surface area contributed by atoms with E-state index in [-0.39, 0.29) is 0 Å². The number of hydrogen-bond donors (Lipinski definition) is 1. The van der Waals surface area contributed by atoms with Gasteiger partial charge in [-0.15, -0.1) is 0 Å². The van der Waals surface area contributed by atoms with Crippen LogP contribution in [0.15, 0.2) is 0 Å². The quantitative estimate of drug-likeness (QED) is 0.815. The monoisotopic (exact) mass is 239 g/mol. The van der Waals surface area contributed by atoms with E-state index < -0.39 is 0 Å². The summed E-state index contributed by atoms with van der Waals surface area (Å²) in [7, 11) is 1.83. The smallest absolute Gasteiger partial charge is 0.0601 e. The van der Waals surface area contributed by atoms with Crippen LogP contribution in [0.1, 0.15) is 59.8 Å². The molecule has 2 aliphatic rings. The van der Waals surface area contributed by atoms with Crippen molar-refractivity contribution in [3.63, 3.8) is 0 Å². The van der Waals surface area contributed by atoms with Crippen molar-refractivity contribution in [2.75, 3.05) is 7.11 Å². The lowest BCUT2D eigenvalue weighted by atomic mass is 9.63. The van der Waals surface area contributed by atoms with Crippen LogP contribution in [0.2, 0.25) is 0 Å². The summed E-state index contributed by atoms with van der Waals surface area (Å²) in [6, 6.07) is 1.41. The van der Waals surface area contributed by atoms with Gasteiger partial charge < -0.3 is 10.1 Å². The third kappa shape index (κ3) is 3.45. The average molecular weight is 239 g/mol. The van der Waals surface area contributed by atoms with Crippen LogP contribution in [0.5, 0.6) is 0 Å². The standard InChI is InChI=1S/C15H29NO/c1-14(2)8-12(9-15(3,4)10-14)16-11-6-13(7-11)17-5/h11-13,16H,6-10H2,1-5H3. The molecule has 0 aliphatic heterocycles. The SMILES string of the molecule is COC1CC(NC2CC(C)(C)CC(C)(C)C2)C1. The fourth-order valence-electron chi connectivity index (χ4n) is 4.19. The predicted octanol–water partition coefficient (Wildman–Crippen LogP) is 3.36. The van der Waals surface area contributed by atoms with Gasteiger partial charge in [0.15, 0.2) is 0 Å². The molecule has 0 heterocycles. The largest absolute Gasteiger partial charge is 0.381 e. The minimum atomic E-state index is 0.490. The molecule has 0 aromatic carbocycles. The molecule has 2 saturated carbocycles. The molecule has 0 aromatic rings. The first-order valence-electron chi connectivity index (χ1n) is 7.09. The van der Waals surface area contributed by atoms with Gasteiger partial charge in [-0.05, 0) is 42.9 Å². The van der Waals surface area contributed by atoms with E-state index in [4.69, 9.17) is 4.74 Å². The van der Waals surface area contributed by atoms with Crippen molar-refractivity contribution in [2.24, 2.45) is 10.8 Å². The van der Waals surface area contributed by atoms with Crippen molar-refractivity contribution in [2.45, 2.75) is 78.0 Å². The van der Waals surface area contributed by atoms with Crippen LogP contribution < -0.4 is 5.32 Å². The van der Waals surface area contributed by atoms with Gasteiger partial charge in [-0.1, -0.05) is 27.7 Å². The van der Waals surface area contributed by atoms with Crippen molar-refractivity contribution in [3.05, 3.63) is 0 Å². The second-order valence-electron chi connectivity index (χ2n) is 7.80. The molecule has 2 rings (SSSR count). The first-order chi connectivity index (χ1) is 7.80. The molecule has 100 valence electrons. The highest BCUT2D eigenvalue weighted by atomic mass is 16.5. The average Bonchev–Trinajstić information content (AvgIpc) is 2.04. The molecule has 17 heavy (non-hydrogen) atoms. The maximum Gasteiger partial charge on any atom is 0.0601 e. The summed E-state index contributed by atoms with van der Waals surface area (Å²) in [6.07, 6.45) is 6.91. The maximum absolute atomic E-state index is 5.35. The molecule has 2 aliphatic carbocycles. The number of nitrogens with one attached hydrogen (secondary N) is 1. The molecule has 1 N–H and O–H groups in total. The summed E-state index contributed by atoms with van der Waals surface area (Å²) in [6.45, 7) is 9.67. The van der Waals surface area contributed by atoms with Gasteiger partial charge >= 0.3 is 0 Å². The Kier molecular flexibility index (Phi) is 3.57. The lowest BCUT2D eigenvalue weighted by molar-refractivity contribution is 0.00279. The molecule has 2 heteroatoms. The van der Waals surface area contributed by atoms with E-state index in [0.29, 0.717) is 29.0 Å². The Morgan fingerprint density at radius 1 is 0.941 bits per heavy atom. The zero-order chi connectivity index (χ0) is 12.7. The number of methoxy groups -OCH3 is 1. The van der Waals surface area contributed by atoms with Crippen LogP contribution in [-0.2, 0) is 4.74 Å². The van der Waals surface area contributed by atoms with Crippen LogP contribution in [0, 0.1) is 10.8 Å². The van der Waals surface area contributed by atoms with Gasteiger partial charge in [0, 0.05) is 19.2 Å². The Morgan fingerprint density at radius 2 is 1.47 bits per heavy atom. The van der Waals surface area contributed by atoms with Crippen LogP contribution in [0.4, 0.5) is 0 Å². The van der Waals surface area contributed by atoms with Gasteiger partial charge in [-0.2, -0.15) is 0 Å². The fourth-order valence-corrected chi connectivity index (χ4v) is 4.19. The van der Waals surface area contributed by atoms with Crippen LogP contribution in [0.25, 0.3) is 0 Å². The summed E-state index contributed by atoms with van der Waals surface area (Å²) in [5.41, 5.74) is 0.980.